The molecule has 28 heavy (non-hydrogen) atoms. The quantitative estimate of drug-likeness (QED) is 0.768. The van der Waals surface area contributed by atoms with E-state index in [1.807, 2.05) is 28.8 Å². The molecule has 0 bridgehead atoms. The lowest BCUT2D eigenvalue weighted by Crippen LogP contribution is -2.29. The summed E-state index contributed by atoms with van der Waals surface area (Å²) in [6.07, 6.45) is 5.59. The van der Waals surface area contributed by atoms with Crippen molar-refractivity contribution < 1.29 is 14.3 Å². The van der Waals surface area contributed by atoms with E-state index in [2.05, 4.69) is 15.6 Å². The van der Waals surface area contributed by atoms with Crippen LogP contribution in [0.4, 0.5) is 0 Å². The Morgan fingerprint density at radius 2 is 1.96 bits per heavy atom. The molecule has 2 amide bonds. The SMILES string of the molecule is COc1ccc(CCNC(=O)c2nc(C(=O)NC3CC3)c3n2CCCC3)cc1. The molecule has 1 saturated carbocycles. The first-order valence-electron chi connectivity index (χ1n) is 9.97. The fraction of sp³-hybridized carbons (Fsp3) is 0.476. The van der Waals surface area contributed by atoms with E-state index in [0.29, 0.717) is 18.1 Å². The molecule has 1 aromatic carbocycles. The van der Waals surface area contributed by atoms with Gasteiger partial charge >= 0.3 is 0 Å². The third kappa shape index (κ3) is 4.03. The summed E-state index contributed by atoms with van der Waals surface area (Å²) in [7, 11) is 1.64. The highest BCUT2D eigenvalue weighted by atomic mass is 16.5. The molecule has 2 N–H and O–H groups in total. The van der Waals surface area contributed by atoms with Gasteiger partial charge in [0.2, 0.25) is 0 Å². The van der Waals surface area contributed by atoms with Crippen LogP contribution < -0.4 is 15.4 Å². The van der Waals surface area contributed by atoms with E-state index in [1.165, 1.54) is 0 Å². The zero-order valence-electron chi connectivity index (χ0n) is 16.2. The van der Waals surface area contributed by atoms with Crippen molar-refractivity contribution in [2.75, 3.05) is 13.7 Å². The number of carbonyl (C=O) groups excluding carboxylic acids is 2. The number of nitrogens with zero attached hydrogens (tertiary/aromatic N) is 2. The Bertz CT molecular complexity index is 869. The first kappa shape index (κ1) is 18.5. The van der Waals surface area contributed by atoms with Gasteiger partial charge in [-0.3, -0.25) is 9.59 Å². The summed E-state index contributed by atoms with van der Waals surface area (Å²) >= 11 is 0. The van der Waals surface area contributed by atoms with E-state index in [9.17, 15) is 9.59 Å². The monoisotopic (exact) mass is 382 g/mol. The molecule has 148 valence electrons. The Hall–Kier alpha value is -2.83. The molecule has 0 atom stereocenters. The van der Waals surface area contributed by atoms with Crippen molar-refractivity contribution in [3.63, 3.8) is 0 Å². The number of carbonyl (C=O) groups is 2. The fourth-order valence-corrected chi connectivity index (χ4v) is 3.57. The van der Waals surface area contributed by atoms with Gasteiger partial charge < -0.3 is 19.9 Å². The van der Waals surface area contributed by atoms with Crippen LogP contribution in [-0.2, 0) is 19.4 Å². The van der Waals surface area contributed by atoms with Gasteiger partial charge in [-0.05, 0) is 56.2 Å². The minimum atomic E-state index is -0.220. The van der Waals surface area contributed by atoms with Crippen molar-refractivity contribution in [3.05, 3.63) is 47.0 Å². The van der Waals surface area contributed by atoms with Crippen LogP contribution in [0.2, 0.25) is 0 Å². The van der Waals surface area contributed by atoms with Crippen LogP contribution in [0.25, 0.3) is 0 Å². The van der Waals surface area contributed by atoms with Crippen molar-refractivity contribution in [2.24, 2.45) is 0 Å². The van der Waals surface area contributed by atoms with Crippen LogP contribution in [0, 0.1) is 0 Å². The molecular weight excluding hydrogens is 356 g/mol. The average molecular weight is 382 g/mol. The Balaban J connectivity index is 1.42. The van der Waals surface area contributed by atoms with Crippen molar-refractivity contribution in [3.8, 4) is 5.75 Å². The smallest absolute Gasteiger partial charge is 0.287 e. The molecule has 1 aliphatic heterocycles. The lowest BCUT2D eigenvalue weighted by molar-refractivity contribution is 0.0938. The lowest BCUT2D eigenvalue weighted by atomic mass is 10.1. The van der Waals surface area contributed by atoms with Gasteiger partial charge in [0.25, 0.3) is 11.8 Å². The van der Waals surface area contributed by atoms with E-state index in [-0.39, 0.29) is 17.9 Å². The minimum Gasteiger partial charge on any atom is -0.497 e. The topological polar surface area (TPSA) is 85.2 Å². The highest BCUT2D eigenvalue weighted by Crippen LogP contribution is 2.23. The number of fused-ring (bicyclic) bond motifs is 1. The van der Waals surface area contributed by atoms with Crippen molar-refractivity contribution in [2.45, 2.75) is 51.1 Å². The summed E-state index contributed by atoms with van der Waals surface area (Å²) in [5.74, 6) is 0.798. The maximum Gasteiger partial charge on any atom is 0.287 e. The molecule has 0 saturated heterocycles. The third-order valence-electron chi connectivity index (χ3n) is 5.31. The zero-order valence-corrected chi connectivity index (χ0v) is 16.2. The molecule has 1 aliphatic carbocycles. The second kappa shape index (κ2) is 8.04. The summed E-state index contributed by atoms with van der Waals surface area (Å²) in [6.45, 7) is 1.25. The Morgan fingerprint density at radius 1 is 1.18 bits per heavy atom. The van der Waals surface area contributed by atoms with Gasteiger partial charge in [0.05, 0.1) is 12.8 Å². The standard InChI is InChI=1S/C21H26N4O3/c1-28-16-9-5-14(6-10-16)11-12-22-21(27)19-24-18(20(26)23-15-7-8-15)17-4-2-3-13-25(17)19/h5-6,9-10,15H,2-4,7-8,11-13H2,1H3,(H,22,27)(H,23,26). The Morgan fingerprint density at radius 3 is 2.68 bits per heavy atom. The van der Waals surface area contributed by atoms with Crippen molar-refractivity contribution in [1.29, 1.82) is 0 Å². The highest BCUT2D eigenvalue weighted by Gasteiger charge is 2.30. The number of amides is 2. The summed E-state index contributed by atoms with van der Waals surface area (Å²) in [5.41, 5.74) is 2.44. The number of rotatable bonds is 7. The van der Waals surface area contributed by atoms with Crippen LogP contribution in [0.5, 0.6) is 5.75 Å². The molecule has 7 heteroatoms. The second-order valence-electron chi connectivity index (χ2n) is 7.44. The highest BCUT2D eigenvalue weighted by molar-refractivity contribution is 5.97. The van der Waals surface area contributed by atoms with E-state index < -0.39 is 0 Å². The molecular formula is C21H26N4O3. The Labute approximate surface area is 164 Å². The number of methoxy groups -OCH3 is 1. The molecule has 1 fully saturated rings. The van der Waals surface area contributed by atoms with Crippen LogP contribution in [0.3, 0.4) is 0 Å². The van der Waals surface area contributed by atoms with E-state index >= 15 is 0 Å². The number of benzene rings is 1. The summed E-state index contributed by atoms with van der Waals surface area (Å²) in [4.78, 5) is 29.7. The van der Waals surface area contributed by atoms with Crippen LogP contribution in [-0.4, -0.2) is 41.1 Å². The maximum absolute atomic E-state index is 12.7. The van der Waals surface area contributed by atoms with Crippen molar-refractivity contribution >= 4 is 11.8 Å². The number of ether oxygens (including phenoxy) is 1. The number of aromatic nitrogens is 2. The normalized spacial score (nSPS) is 15.6. The van der Waals surface area contributed by atoms with E-state index in [4.69, 9.17) is 4.74 Å². The molecule has 2 aliphatic rings. The molecule has 2 heterocycles. The number of hydrogen-bond donors (Lipinski definition) is 2. The Kier molecular flexibility index (Phi) is 5.32. The predicted octanol–water partition coefficient (Wildman–Crippen LogP) is 2.09. The fourth-order valence-electron chi connectivity index (χ4n) is 3.57. The maximum atomic E-state index is 12.7. The molecule has 2 aromatic rings. The van der Waals surface area contributed by atoms with Crippen molar-refractivity contribution in [1.82, 2.24) is 20.2 Å². The lowest BCUT2D eigenvalue weighted by Gasteiger charge is -2.17. The van der Waals surface area contributed by atoms with Gasteiger partial charge in [-0.15, -0.1) is 0 Å². The molecule has 0 radical (unpaired) electrons. The van der Waals surface area contributed by atoms with Gasteiger partial charge in [0.15, 0.2) is 5.82 Å². The van der Waals surface area contributed by atoms with E-state index in [0.717, 1.165) is 62.1 Å². The number of imidazole rings is 1. The second-order valence-corrected chi connectivity index (χ2v) is 7.44. The van der Waals surface area contributed by atoms with E-state index in [1.54, 1.807) is 7.11 Å². The summed E-state index contributed by atoms with van der Waals surface area (Å²) in [6, 6.07) is 8.07. The van der Waals surface area contributed by atoms with Gasteiger partial charge in [-0.1, -0.05) is 12.1 Å². The molecule has 0 spiro atoms. The van der Waals surface area contributed by atoms with Crippen LogP contribution in [0.15, 0.2) is 24.3 Å². The van der Waals surface area contributed by atoms with Gasteiger partial charge in [0.1, 0.15) is 11.4 Å². The third-order valence-corrected chi connectivity index (χ3v) is 5.31. The number of hydrogen-bond acceptors (Lipinski definition) is 4. The van der Waals surface area contributed by atoms with Crippen LogP contribution >= 0.6 is 0 Å². The summed E-state index contributed by atoms with van der Waals surface area (Å²) in [5, 5.41) is 5.94. The first-order valence-corrected chi connectivity index (χ1v) is 9.97. The van der Waals surface area contributed by atoms with Gasteiger partial charge in [0, 0.05) is 19.1 Å². The van der Waals surface area contributed by atoms with Gasteiger partial charge in [-0.2, -0.15) is 0 Å². The first-order chi connectivity index (χ1) is 13.7. The average Bonchev–Trinajstić information content (AvgIpc) is 3.45. The number of nitrogens with one attached hydrogen (secondary N) is 2. The van der Waals surface area contributed by atoms with Crippen LogP contribution in [0.1, 0.15) is 58.0 Å². The predicted molar refractivity (Wildman–Crippen MR) is 105 cm³/mol. The zero-order chi connectivity index (χ0) is 19.5. The largest absolute Gasteiger partial charge is 0.497 e. The minimum absolute atomic E-state index is 0.148. The molecule has 4 rings (SSSR count). The molecule has 7 nitrogen and oxygen atoms in total. The van der Waals surface area contributed by atoms with Gasteiger partial charge in [-0.25, -0.2) is 4.98 Å². The molecule has 1 aromatic heterocycles. The molecule has 0 unspecified atom stereocenters. The summed E-state index contributed by atoms with van der Waals surface area (Å²) < 4.78 is 7.08.